The molecule has 7 nitrogen and oxygen atoms in total. The molecule has 1 rings (SSSR count). The topological polar surface area (TPSA) is 85.4 Å². The molecule has 0 saturated carbocycles. The van der Waals surface area contributed by atoms with Gasteiger partial charge in [-0.05, 0) is 13.3 Å². The van der Waals surface area contributed by atoms with Crippen molar-refractivity contribution in [2.24, 2.45) is 0 Å². The van der Waals surface area contributed by atoms with Gasteiger partial charge in [0, 0.05) is 6.54 Å². The van der Waals surface area contributed by atoms with Crippen LogP contribution in [0.2, 0.25) is 0 Å². The summed E-state index contributed by atoms with van der Waals surface area (Å²) in [6.45, 7) is 4.99. The zero-order chi connectivity index (χ0) is 14.1. The van der Waals surface area contributed by atoms with Gasteiger partial charge in [-0.25, -0.2) is 9.97 Å². The Bertz CT molecular complexity index is 412. The molecule has 106 valence electrons. The minimum Gasteiger partial charge on any atom is -0.490 e. The minimum absolute atomic E-state index is 0.0361. The van der Waals surface area contributed by atoms with E-state index >= 15 is 0 Å². The fourth-order valence-electron chi connectivity index (χ4n) is 1.43. The van der Waals surface area contributed by atoms with Crippen molar-refractivity contribution in [2.75, 3.05) is 37.4 Å². The van der Waals surface area contributed by atoms with E-state index in [1.54, 1.807) is 6.92 Å². The summed E-state index contributed by atoms with van der Waals surface area (Å²) in [4.78, 5) is 19.5. The molecule has 2 N–H and O–H groups in total. The first-order valence-corrected chi connectivity index (χ1v) is 6.25. The fraction of sp³-hybridized carbons (Fsp3) is 0.583. The van der Waals surface area contributed by atoms with Crippen LogP contribution in [0.15, 0.2) is 6.33 Å². The minimum atomic E-state index is -0.341. The quantitative estimate of drug-likeness (QED) is 0.687. The number of carbonyl (C=O) groups is 1. The van der Waals surface area contributed by atoms with Crippen molar-refractivity contribution in [1.29, 1.82) is 0 Å². The van der Waals surface area contributed by atoms with Gasteiger partial charge in [-0.3, -0.25) is 4.79 Å². The maximum atomic E-state index is 11.3. The highest BCUT2D eigenvalue weighted by Crippen LogP contribution is 2.28. The van der Waals surface area contributed by atoms with E-state index in [0.29, 0.717) is 24.0 Å². The second-order valence-corrected chi connectivity index (χ2v) is 3.69. The van der Waals surface area contributed by atoms with Crippen LogP contribution in [0.1, 0.15) is 20.3 Å². The number of nitrogens with zero attached hydrogens (tertiary/aromatic N) is 2. The summed E-state index contributed by atoms with van der Waals surface area (Å²) in [6.07, 6.45) is 2.38. The Morgan fingerprint density at radius 3 is 2.53 bits per heavy atom. The molecule has 1 heterocycles. The number of ether oxygens (including phenoxy) is 2. The largest absolute Gasteiger partial charge is 0.490 e. The van der Waals surface area contributed by atoms with Gasteiger partial charge in [0.1, 0.15) is 12.9 Å². The zero-order valence-corrected chi connectivity index (χ0v) is 11.5. The van der Waals surface area contributed by atoms with Crippen molar-refractivity contribution in [3.05, 3.63) is 6.33 Å². The SMILES string of the molecule is CCCNc1ncnc(NCC(=O)OCC)c1OC. The first-order chi connectivity index (χ1) is 9.22. The lowest BCUT2D eigenvalue weighted by atomic mass is 10.4. The molecule has 0 saturated heterocycles. The van der Waals surface area contributed by atoms with E-state index in [1.807, 2.05) is 0 Å². The number of aromatic nitrogens is 2. The standard InChI is InChI=1S/C12H20N4O3/c1-4-6-13-11-10(18-3)12(16-8-15-11)14-7-9(17)19-5-2/h8H,4-7H2,1-3H3,(H2,13,14,15,16). The number of hydrogen-bond donors (Lipinski definition) is 2. The highest BCUT2D eigenvalue weighted by molar-refractivity contribution is 5.76. The van der Waals surface area contributed by atoms with Gasteiger partial charge in [0.25, 0.3) is 0 Å². The van der Waals surface area contributed by atoms with Crippen molar-refractivity contribution >= 4 is 17.6 Å². The maximum absolute atomic E-state index is 11.3. The predicted molar refractivity (Wildman–Crippen MR) is 72.5 cm³/mol. The summed E-state index contributed by atoms with van der Waals surface area (Å²) in [6, 6.07) is 0. The molecule has 0 aliphatic heterocycles. The number of esters is 1. The summed E-state index contributed by atoms with van der Waals surface area (Å²) >= 11 is 0. The van der Waals surface area contributed by atoms with E-state index in [4.69, 9.17) is 9.47 Å². The van der Waals surface area contributed by atoms with Crippen LogP contribution < -0.4 is 15.4 Å². The van der Waals surface area contributed by atoms with Crippen molar-refractivity contribution in [1.82, 2.24) is 9.97 Å². The number of hydrogen-bond acceptors (Lipinski definition) is 7. The molecule has 0 aliphatic carbocycles. The van der Waals surface area contributed by atoms with Crippen LogP contribution in [0, 0.1) is 0 Å². The Kier molecular flexibility index (Phi) is 6.42. The lowest BCUT2D eigenvalue weighted by Crippen LogP contribution is -2.18. The second-order valence-electron chi connectivity index (χ2n) is 3.69. The van der Waals surface area contributed by atoms with Crippen molar-refractivity contribution in [3.8, 4) is 5.75 Å². The molecule has 0 unspecified atom stereocenters. The van der Waals surface area contributed by atoms with Crippen LogP contribution in [0.25, 0.3) is 0 Å². The number of rotatable bonds is 8. The van der Waals surface area contributed by atoms with Gasteiger partial charge in [-0.15, -0.1) is 0 Å². The van der Waals surface area contributed by atoms with E-state index in [1.165, 1.54) is 13.4 Å². The first kappa shape index (κ1) is 15.0. The predicted octanol–water partition coefficient (Wildman–Crippen LogP) is 1.28. The fourth-order valence-corrected chi connectivity index (χ4v) is 1.43. The summed E-state index contributed by atoms with van der Waals surface area (Å²) in [5, 5.41) is 6.01. The van der Waals surface area contributed by atoms with Crippen LogP contribution in [0.4, 0.5) is 11.6 Å². The van der Waals surface area contributed by atoms with Gasteiger partial charge in [0.05, 0.1) is 13.7 Å². The van der Waals surface area contributed by atoms with Crippen LogP contribution in [-0.2, 0) is 9.53 Å². The van der Waals surface area contributed by atoms with Gasteiger partial charge in [-0.1, -0.05) is 6.92 Å². The van der Waals surface area contributed by atoms with E-state index < -0.39 is 0 Å². The molecule has 0 bridgehead atoms. The molecule has 7 heteroatoms. The molecule has 0 fully saturated rings. The molecule has 0 atom stereocenters. The summed E-state index contributed by atoms with van der Waals surface area (Å²) in [5.74, 6) is 1.21. The smallest absolute Gasteiger partial charge is 0.325 e. The third-order valence-electron chi connectivity index (χ3n) is 2.26. The number of carbonyl (C=O) groups excluding carboxylic acids is 1. The van der Waals surface area contributed by atoms with Gasteiger partial charge >= 0.3 is 5.97 Å². The number of methoxy groups -OCH3 is 1. The Morgan fingerprint density at radius 2 is 1.95 bits per heavy atom. The highest BCUT2D eigenvalue weighted by Gasteiger charge is 2.12. The molecule has 1 aromatic heterocycles. The van der Waals surface area contributed by atoms with Crippen molar-refractivity contribution < 1.29 is 14.3 Å². The zero-order valence-electron chi connectivity index (χ0n) is 11.5. The third-order valence-corrected chi connectivity index (χ3v) is 2.26. The van der Waals surface area contributed by atoms with E-state index in [2.05, 4.69) is 27.5 Å². The van der Waals surface area contributed by atoms with Crippen molar-refractivity contribution in [2.45, 2.75) is 20.3 Å². The summed E-state index contributed by atoms with van der Waals surface area (Å²) < 4.78 is 10.1. The third kappa shape index (κ3) is 4.61. The molecule has 0 radical (unpaired) electrons. The average molecular weight is 268 g/mol. The van der Waals surface area contributed by atoms with Crippen LogP contribution >= 0.6 is 0 Å². The average Bonchev–Trinajstić information content (AvgIpc) is 2.43. The van der Waals surface area contributed by atoms with Gasteiger partial charge in [0.15, 0.2) is 11.6 Å². The molecule has 0 spiro atoms. The summed E-state index contributed by atoms with van der Waals surface area (Å²) in [7, 11) is 1.53. The van der Waals surface area contributed by atoms with Gasteiger partial charge in [0.2, 0.25) is 5.75 Å². The van der Waals surface area contributed by atoms with Crippen LogP contribution in [-0.4, -0.2) is 42.7 Å². The Hall–Kier alpha value is -2.05. The molecule has 0 aromatic carbocycles. The molecule has 0 aliphatic rings. The van der Waals surface area contributed by atoms with Crippen LogP contribution in [0.5, 0.6) is 5.75 Å². The molecule has 0 amide bonds. The van der Waals surface area contributed by atoms with Crippen LogP contribution in [0.3, 0.4) is 0 Å². The Labute approximate surface area is 112 Å². The van der Waals surface area contributed by atoms with Crippen molar-refractivity contribution in [3.63, 3.8) is 0 Å². The lowest BCUT2D eigenvalue weighted by Gasteiger charge is -2.13. The maximum Gasteiger partial charge on any atom is 0.325 e. The number of anilines is 2. The summed E-state index contributed by atoms with van der Waals surface area (Å²) in [5.41, 5.74) is 0. The van der Waals surface area contributed by atoms with Gasteiger partial charge in [-0.2, -0.15) is 0 Å². The Balaban J connectivity index is 2.73. The first-order valence-electron chi connectivity index (χ1n) is 6.25. The molecular weight excluding hydrogens is 248 g/mol. The second kappa shape index (κ2) is 8.12. The number of nitrogens with one attached hydrogen (secondary N) is 2. The molecular formula is C12H20N4O3. The molecule has 1 aromatic rings. The normalized spacial score (nSPS) is 9.84. The monoisotopic (exact) mass is 268 g/mol. The van der Waals surface area contributed by atoms with E-state index in [9.17, 15) is 4.79 Å². The lowest BCUT2D eigenvalue weighted by molar-refractivity contribution is -0.140. The highest BCUT2D eigenvalue weighted by atomic mass is 16.5. The van der Waals surface area contributed by atoms with E-state index in [0.717, 1.165) is 13.0 Å². The molecule has 19 heavy (non-hydrogen) atoms. The van der Waals surface area contributed by atoms with Gasteiger partial charge < -0.3 is 20.1 Å². The van der Waals surface area contributed by atoms with E-state index in [-0.39, 0.29) is 12.5 Å². The Morgan fingerprint density at radius 1 is 1.26 bits per heavy atom.